The van der Waals surface area contributed by atoms with E-state index in [0.717, 1.165) is 5.56 Å². The van der Waals surface area contributed by atoms with Crippen molar-refractivity contribution in [2.75, 3.05) is 7.05 Å². The van der Waals surface area contributed by atoms with Crippen LogP contribution < -0.4 is 10.1 Å². The van der Waals surface area contributed by atoms with Gasteiger partial charge in [-0.25, -0.2) is 4.79 Å². The normalized spacial score (nSPS) is 15.4. The number of aromatic hydroxyl groups is 2. The van der Waals surface area contributed by atoms with Gasteiger partial charge >= 0.3 is 5.97 Å². The van der Waals surface area contributed by atoms with Gasteiger partial charge in [-0.1, -0.05) is 18.2 Å². The summed E-state index contributed by atoms with van der Waals surface area (Å²) in [5.41, 5.74) is 2.12. The Hall–Kier alpha value is -3.51. The molecule has 6 heteroatoms. The van der Waals surface area contributed by atoms with Gasteiger partial charge in [-0.2, -0.15) is 0 Å². The van der Waals surface area contributed by atoms with Crippen LogP contribution in [0.15, 0.2) is 54.6 Å². The van der Waals surface area contributed by atoms with Crippen molar-refractivity contribution in [2.24, 2.45) is 0 Å². The highest BCUT2D eigenvalue weighted by atomic mass is 16.6. The molecule has 0 radical (unpaired) electrons. The van der Waals surface area contributed by atoms with E-state index in [0.29, 0.717) is 40.3 Å². The quantitative estimate of drug-likeness (QED) is 0.595. The van der Waals surface area contributed by atoms with Crippen molar-refractivity contribution in [1.82, 2.24) is 5.32 Å². The fraction of sp³-hybridized carbons (Fsp3) is 0.136. The lowest BCUT2D eigenvalue weighted by molar-refractivity contribution is 0.0223. The minimum Gasteiger partial charge on any atom is -0.508 e. The summed E-state index contributed by atoms with van der Waals surface area (Å²) >= 11 is 0. The van der Waals surface area contributed by atoms with Gasteiger partial charge < -0.3 is 25.0 Å². The number of hydrogen-bond acceptors (Lipinski definition) is 6. The zero-order chi connectivity index (χ0) is 19.5. The molecule has 6 nitrogen and oxygen atoms in total. The molecule has 2 aliphatic heterocycles. The summed E-state index contributed by atoms with van der Waals surface area (Å²) in [6.45, 7) is 0.524. The van der Waals surface area contributed by atoms with Crippen LogP contribution in [0, 0.1) is 0 Å². The topological polar surface area (TPSA) is 88.0 Å². The fourth-order valence-electron chi connectivity index (χ4n) is 4.15. The van der Waals surface area contributed by atoms with Gasteiger partial charge in [0.2, 0.25) is 0 Å². The Morgan fingerprint density at radius 2 is 1.57 bits per heavy atom. The van der Waals surface area contributed by atoms with E-state index in [1.54, 1.807) is 24.3 Å². The number of carbonyl (C=O) groups excluding carboxylic acids is 1. The van der Waals surface area contributed by atoms with Crippen LogP contribution in [0.1, 0.15) is 32.6 Å². The first-order chi connectivity index (χ1) is 13.5. The van der Waals surface area contributed by atoms with E-state index < -0.39 is 11.6 Å². The van der Waals surface area contributed by atoms with E-state index in [4.69, 9.17) is 9.47 Å². The van der Waals surface area contributed by atoms with E-state index >= 15 is 0 Å². The molecule has 28 heavy (non-hydrogen) atoms. The molecule has 0 unspecified atom stereocenters. The standard InChI is InChI=1S/C22H17NO5/c1-23-11-12-3-2-4-17-20(12)21(26)28-22(17)15-7-5-13(24)9-18(15)27-19-10-14(25)6-8-16(19)22/h2-10,23-25H,11H2,1H3. The smallest absolute Gasteiger partial charge is 0.340 e. The second kappa shape index (κ2) is 5.74. The van der Waals surface area contributed by atoms with Crippen LogP contribution in [0.4, 0.5) is 0 Å². The third-order valence-corrected chi connectivity index (χ3v) is 5.26. The third kappa shape index (κ3) is 2.09. The molecule has 0 amide bonds. The van der Waals surface area contributed by atoms with Crippen LogP contribution in [-0.4, -0.2) is 23.2 Å². The molecule has 140 valence electrons. The van der Waals surface area contributed by atoms with Crippen molar-refractivity contribution < 1.29 is 24.5 Å². The van der Waals surface area contributed by atoms with E-state index in [9.17, 15) is 15.0 Å². The van der Waals surface area contributed by atoms with Crippen LogP contribution >= 0.6 is 0 Å². The van der Waals surface area contributed by atoms with Crippen LogP contribution in [0.3, 0.4) is 0 Å². The minimum absolute atomic E-state index is 0.0333. The van der Waals surface area contributed by atoms with Gasteiger partial charge in [-0.15, -0.1) is 0 Å². The maximum absolute atomic E-state index is 13.0. The maximum atomic E-state index is 13.0. The molecule has 3 aromatic rings. The van der Waals surface area contributed by atoms with Crippen LogP contribution in [-0.2, 0) is 16.9 Å². The fourth-order valence-corrected chi connectivity index (χ4v) is 4.15. The lowest BCUT2D eigenvalue weighted by atomic mass is 9.77. The Labute approximate surface area is 161 Å². The van der Waals surface area contributed by atoms with Crippen molar-refractivity contribution in [3.63, 3.8) is 0 Å². The Morgan fingerprint density at radius 1 is 0.929 bits per heavy atom. The minimum atomic E-state index is -1.21. The Bertz CT molecular complexity index is 1090. The zero-order valence-electron chi connectivity index (χ0n) is 15.0. The summed E-state index contributed by atoms with van der Waals surface area (Å²) in [7, 11) is 1.82. The lowest BCUT2D eigenvalue weighted by Crippen LogP contribution is -2.32. The van der Waals surface area contributed by atoms with Crippen LogP contribution in [0.25, 0.3) is 0 Å². The predicted molar refractivity (Wildman–Crippen MR) is 101 cm³/mol. The van der Waals surface area contributed by atoms with Crippen molar-refractivity contribution in [3.8, 4) is 23.0 Å². The number of nitrogens with one attached hydrogen (secondary N) is 1. The number of phenols is 2. The van der Waals surface area contributed by atoms with E-state index in [-0.39, 0.29) is 11.5 Å². The first kappa shape index (κ1) is 16.6. The molecule has 0 aliphatic carbocycles. The van der Waals surface area contributed by atoms with Gasteiger partial charge in [-0.3, -0.25) is 0 Å². The molecular formula is C22H17NO5. The summed E-state index contributed by atoms with van der Waals surface area (Å²) in [6.07, 6.45) is 0. The first-order valence-electron chi connectivity index (χ1n) is 8.90. The molecule has 0 saturated heterocycles. The molecule has 0 atom stereocenters. The summed E-state index contributed by atoms with van der Waals surface area (Å²) in [6, 6.07) is 15.1. The third-order valence-electron chi connectivity index (χ3n) is 5.26. The van der Waals surface area contributed by atoms with Gasteiger partial charge in [0.15, 0.2) is 5.60 Å². The predicted octanol–water partition coefficient (Wildman–Crippen LogP) is 3.39. The van der Waals surface area contributed by atoms with Crippen molar-refractivity contribution in [2.45, 2.75) is 12.1 Å². The molecule has 3 aromatic carbocycles. The van der Waals surface area contributed by atoms with Crippen LogP contribution in [0.2, 0.25) is 0 Å². The summed E-state index contributed by atoms with van der Waals surface area (Å²) in [5, 5.41) is 23.0. The van der Waals surface area contributed by atoms with Crippen molar-refractivity contribution >= 4 is 5.97 Å². The zero-order valence-corrected chi connectivity index (χ0v) is 15.0. The van der Waals surface area contributed by atoms with Gasteiger partial charge in [-0.05, 0) is 36.9 Å². The molecule has 0 fully saturated rings. The number of benzene rings is 3. The molecule has 0 bridgehead atoms. The Balaban J connectivity index is 1.87. The van der Waals surface area contributed by atoms with E-state index in [1.807, 2.05) is 25.2 Å². The number of ether oxygens (including phenoxy) is 2. The summed E-state index contributed by atoms with van der Waals surface area (Å²) in [5.74, 6) is 0.397. The van der Waals surface area contributed by atoms with Crippen LogP contribution in [0.5, 0.6) is 23.0 Å². The molecule has 2 aliphatic rings. The van der Waals surface area contributed by atoms with Crippen molar-refractivity contribution in [3.05, 3.63) is 82.4 Å². The first-order valence-corrected chi connectivity index (χ1v) is 8.90. The second-order valence-corrected chi connectivity index (χ2v) is 6.90. The van der Waals surface area contributed by atoms with Gasteiger partial charge in [0.1, 0.15) is 23.0 Å². The molecule has 0 aromatic heterocycles. The van der Waals surface area contributed by atoms with Gasteiger partial charge in [0, 0.05) is 35.4 Å². The number of carbonyl (C=O) groups is 1. The second-order valence-electron chi connectivity index (χ2n) is 6.90. The lowest BCUT2D eigenvalue weighted by Gasteiger charge is -2.36. The SMILES string of the molecule is CNCc1cccc2c1C(=O)OC21c2ccc(O)cc2Oc2cc(O)ccc21. The number of fused-ring (bicyclic) bond motifs is 6. The highest BCUT2D eigenvalue weighted by Crippen LogP contribution is 2.57. The molecule has 3 N–H and O–H groups in total. The molecule has 1 spiro atoms. The highest BCUT2D eigenvalue weighted by Gasteiger charge is 2.54. The number of hydrogen-bond donors (Lipinski definition) is 3. The molecule has 2 heterocycles. The molecule has 0 saturated carbocycles. The molecular weight excluding hydrogens is 358 g/mol. The van der Waals surface area contributed by atoms with E-state index in [2.05, 4.69) is 5.32 Å². The monoisotopic (exact) mass is 375 g/mol. The number of esters is 1. The summed E-state index contributed by atoms with van der Waals surface area (Å²) in [4.78, 5) is 13.0. The van der Waals surface area contributed by atoms with Crippen molar-refractivity contribution in [1.29, 1.82) is 0 Å². The summed E-state index contributed by atoms with van der Waals surface area (Å²) < 4.78 is 12.0. The van der Waals surface area contributed by atoms with E-state index in [1.165, 1.54) is 12.1 Å². The van der Waals surface area contributed by atoms with Gasteiger partial charge in [0.25, 0.3) is 0 Å². The Morgan fingerprint density at radius 3 is 2.18 bits per heavy atom. The number of phenolic OH excluding ortho intramolecular Hbond substituents is 2. The largest absolute Gasteiger partial charge is 0.508 e. The molecule has 5 rings (SSSR count). The average Bonchev–Trinajstić information content (AvgIpc) is 2.96. The highest BCUT2D eigenvalue weighted by molar-refractivity contribution is 5.98. The average molecular weight is 375 g/mol. The Kier molecular flexibility index (Phi) is 3.41. The maximum Gasteiger partial charge on any atom is 0.340 e. The van der Waals surface area contributed by atoms with Gasteiger partial charge in [0.05, 0.1) is 5.56 Å². The number of rotatable bonds is 2.